The van der Waals surface area contributed by atoms with Crippen molar-refractivity contribution in [3.63, 3.8) is 0 Å². The molecule has 1 aliphatic carbocycles. The number of aliphatic hydroxyl groups is 1. The van der Waals surface area contributed by atoms with Gasteiger partial charge >= 0.3 is 0 Å². The molecule has 58 valence electrons. The van der Waals surface area contributed by atoms with Crippen molar-refractivity contribution in [1.29, 1.82) is 0 Å². The highest BCUT2D eigenvalue weighted by molar-refractivity contribution is 5.17. The first-order valence-corrected chi connectivity index (χ1v) is 3.28. The van der Waals surface area contributed by atoms with E-state index in [2.05, 4.69) is 6.58 Å². The summed E-state index contributed by atoms with van der Waals surface area (Å²) in [6, 6.07) is 0. The minimum atomic E-state index is -1.31. The van der Waals surface area contributed by atoms with Gasteiger partial charge in [0.05, 0.1) is 19.3 Å². The molecule has 1 N–H and O–H groups in total. The Labute approximate surface area is 59.3 Å². The van der Waals surface area contributed by atoms with E-state index in [0.717, 1.165) is 0 Å². The first-order valence-electron chi connectivity index (χ1n) is 3.28. The highest BCUT2D eigenvalue weighted by Gasteiger charge is 2.54. The quantitative estimate of drug-likeness (QED) is 0.590. The van der Waals surface area contributed by atoms with Crippen LogP contribution in [-0.4, -0.2) is 30.1 Å². The summed E-state index contributed by atoms with van der Waals surface area (Å²) in [5.41, 5.74) is -1.31. The molecule has 0 aliphatic heterocycles. The van der Waals surface area contributed by atoms with Gasteiger partial charge in [-0.15, -0.1) is 0 Å². The van der Waals surface area contributed by atoms with Crippen molar-refractivity contribution in [3.8, 4) is 0 Å². The lowest BCUT2D eigenvalue weighted by Gasteiger charge is -2.00. The molecule has 0 heterocycles. The lowest BCUT2D eigenvalue weighted by Crippen LogP contribution is -2.09. The van der Waals surface area contributed by atoms with Gasteiger partial charge in [0.25, 0.3) is 0 Å². The SMILES string of the molecule is C=C[C@@]1(F)CC1OCCO. The Morgan fingerprint density at radius 3 is 3.00 bits per heavy atom. The van der Waals surface area contributed by atoms with Gasteiger partial charge in [-0.3, -0.25) is 0 Å². The number of hydrogen-bond donors (Lipinski definition) is 1. The molecule has 0 aromatic carbocycles. The van der Waals surface area contributed by atoms with E-state index in [1.54, 1.807) is 0 Å². The molecule has 0 amide bonds. The van der Waals surface area contributed by atoms with Crippen LogP contribution in [0.2, 0.25) is 0 Å². The van der Waals surface area contributed by atoms with Gasteiger partial charge in [0.2, 0.25) is 0 Å². The van der Waals surface area contributed by atoms with Gasteiger partial charge in [0, 0.05) is 6.42 Å². The van der Waals surface area contributed by atoms with Gasteiger partial charge in [-0.1, -0.05) is 12.7 Å². The average molecular weight is 146 g/mol. The van der Waals surface area contributed by atoms with Crippen molar-refractivity contribution in [1.82, 2.24) is 0 Å². The predicted molar refractivity (Wildman–Crippen MR) is 35.5 cm³/mol. The van der Waals surface area contributed by atoms with Crippen LogP contribution in [0.5, 0.6) is 0 Å². The summed E-state index contributed by atoms with van der Waals surface area (Å²) in [5.74, 6) is 0. The maximum Gasteiger partial charge on any atom is 0.157 e. The first-order chi connectivity index (χ1) is 4.73. The van der Waals surface area contributed by atoms with E-state index >= 15 is 0 Å². The average Bonchev–Trinajstić information content (AvgIpc) is 2.59. The molecule has 1 fully saturated rings. The fourth-order valence-corrected chi connectivity index (χ4v) is 0.832. The van der Waals surface area contributed by atoms with Crippen molar-refractivity contribution in [2.24, 2.45) is 0 Å². The number of aliphatic hydroxyl groups excluding tert-OH is 1. The molecule has 2 nitrogen and oxygen atoms in total. The fourth-order valence-electron chi connectivity index (χ4n) is 0.832. The Morgan fingerprint density at radius 2 is 2.60 bits per heavy atom. The van der Waals surface area contributed by atoms with Crippen molar-refractivity contribution in [2.75, 3.05) is 13.2 Å². The topological polar surface area (TPSA) is 29.5 Å². The van der Waals surface area contributed by atoms with Gasteiger partial charge in [-0.2, -0.15) is 0 Å². The normalized spacial score (nSPS) is 37.6. The summed E-state index contributed by atoms with van der Waals surface area (Å²) in [6.07, 6.45) is 1.28. The molecule has 1 aliphatic rings. The van der Waals surface area contributed by atoms with Gasteiger partial charge in [0.15, 0.2) is 5.67 Å². The molecule has 0 radical (unpaired) electrons. The van der Waals surface area contributed by atoms with Crippen LogP contribution in [0.25, 0.3) is 0 Å². The number of ether oxygens (including phenoxy) is 1. The Kier molecular flexibility index (Phi) is 2.06. The molecule has 0 spiro atoms. The van der Waals surface area contributed by atoms with Gasteiger partial charge in [-0.05, 0) is 0 Å². The van der Waals surface area contributed by atoms with Crippen LogP contribution in [0, 0.1) is 0 Å². The summed E-state index contributed by atoms with van der Waals surface area (Å²) in [5, 5.41) is 8.31. The van der Waals surface area contributed by atoms with Crippen LogP contribution >= 0.6 is 0 Å². The molecular formula is C7H11FO2. The molecule has 2 atom stereocenters. The first kappa shape index (κ1) is 7.69. The van der Waals surface area contributed by atoms with E-state index in [4.69, 9.17) is 9.84 Å². The number of alkyl halides is 1. The second-order valence-corrected chi connectivity index (χ2v) is 2.42. The Bertz CT molecular complexity index is 138. The van der Waals surface area contributed by atoms with Crippen molar-refractivity contribution < 1.29 is 14.2 Å². The third-order valence-electron chi connectivity index (χ3n) is 1.62. The van der Waals surface area contributed by atoms with Crippen LogP contribution in [0.4, 0.5) is 4.39 Å². The predicted octanol–water partition coefficient (Wildman–Crippen LogP) is 0.662. The third kappa shape index (κ3) is 1.36. The van der Waals surface area contributed by atoms with E-state index < -0.39 is 5.67 Å². The third-order valence-corrected chi connectivity index (χ3v) is 1.62. The molecule has 1 unspecified atom stereocenters. The molecule has 3 heteroatoms. The minimum Gasteiger partial charge on any atom is -0.394 e. The summed E-state index contributed by atoms with van der Waals surface area (Å²) in [4.78, 5) is 0. The van der Waals surface area contributed by atoms with Gasteiger partial charge < -0.3 is 9.84 Å². The maximum atomic E-state index is 12.9. The van der Waals surface area contributed by atoms with Gasteiger partial charge in [-0.25, -0.2) is 4.39 Å². The van der Waals surface area contributed by atoms with E-state index in [9.17, 15) is 4.39 Å². The molecule has 0 aromatic heterocycles. The van der Waals surface area contributed by atoms with E-state index in [1.165, 1.54) is 6.08 Å². The van der Waals surface area contributed by atoms with Crippen LogP contribution in [0.3, 0.4) is 0 Å². The molecule has 0 saturated heterocycles. The maximum absolute atomic E-state index is 12.9. The highest BCUT2D eigenvalue weighted by Crippen LogP contribution is 2.43. The Hall–Kier alpha value is -0.410. The van der Waals surface area contributed by atoms with E-state index in [0.29, 0.717) is 6.42 Å². The number of halogens is 1. The summed E-state index contributed by atoms with van der Waals surface area (Å²) in [7, 11) is 0. The van der Waals surface area contributed by atoms with Crippen LogP contribution in [-0.2, 0) is 4.74 Å². The molecule has 0 aromatic rings. The molecular weight excluding hydrogens is 135 g/mol. The monoisotopic (exact) mass is 146 g/mol. The van der Waals surface area contributed by atoms with Crippen molar-refractivity contribution in [3.05, 3.63) is 12.7 Å². The van der Waals surface area contributed by atoms with Crippen LogP contribution in [0.1, 0.15) is 6.42 Å². The van der Waals surface area contributed by atoms with E-state index in [-0.39, 0.29) is 19.3 Å². The zero-order chi connectivity index (χ0) is 7.61. The van der Waals surface area contributed by atoms with Crippen LogP contribution in [0.15, 0.2) is 12.7 Å². The molecule has 1 saturated carbocycles. The summed E-state index contributed by atoms with van der Waals surface area (Å²) >= 11 is 0. The van der Waals surface area contributed by atoms with Crippen molar-refractivity contribution >= 4 is 0 Å². The number of rotatable bonds is 4. The lowest BCUT2D eigenvalue weighted by molar-refractivity contribution is 0.0583. The molecule has 0 bridgehead atoms. The van der Waals surface area contributed by atoms with Gasteiger partial charge in [0.1, 0.15) is 0 Å². The highest BCUT2D eigenvalue weighted by atomic mass is 19.1. The largest absolute Gasteiger partial charge is 0.394 e. The minimum absolute atomic E-state index is 0.0519. The van der Waals surface area contributed by atoms with E-state index in [1.807, 2.05) is 0 Å². The second kappa shape index (κ2) is 2.68. The standard InChI is InChI=1S/C7H11FO2/c1-2-7(8)5-6(7)10-4-3-9/h2,6,9H,1,3-5H2/t6?,7-/m1/s1. The lowest BCUT2D eigenvalue weighted by atomic mass is 10.4. The summed E-state index contributed by atoms with van der Waals surface area (Å²) < 4.78 is 17.8. The number of hydrogen-bond acceptors (Lipinski definition) is 2. The zero-order valence-electron chi connectivity index (χ0n) is 5.72. The van der Waals surface area contributed by atoms with Crippen molar-refractivity contribution in [2.45, 2.75) is 18.2 Å². The second-order valence-electron chi connectivity index (χ2n) is 2.42. The van der Waals surface area contributed by atoms with Crippen LogP contribution < -0.4 is 0 Å². The zero-order valence-corrected chi connectivity index (χ0v) is 5.72. The summed E-state index contributed by atoms with van der Waals surface area (Å²) in [6.45, 7) is 3.50. The molecule has 10 heavy (non-hydrogen) atoms. The Morgan fingerprint density at radius 1 is 1.90 bits per heavy atom. The Balaban J connectivity index is 2.18. The molecule has 1 rings (SSSR count). The smallest absolute Gasteiger partial charge is 0.157 e. The fraction of sp³-hybridized carbons (Fsp3) is 0.714.